The Morgan fingerprint density at radius 2 is 1.67 bits per heavy atom. The van der Waals surface area contributed by atoms with E-state index in [1.807, 2.05) is 33.3 Å². The standard InChI is InChI=1S/C22H34N4O4/c1-4-28-21(27)22(2,3)12-6-9-17-30-20-11-10-19(24-25-20)29-16-8-5-7-14-26-15-13-23-18-26/h10-11,13,15,18H,4-9,12,14,16-17H2,1-3H3. The third kappa shape index (κ3) is 8.80. The van der Waals surface area contributed by atoms with E-state index in [-0.39, 0.29) is 5.97 Å². The maximum absolute atomic E-state index is 11.9. The Bertz CT molecular complexity index is 717. The van der Waals surface area contributed by atoms with Crippen molar-refractivity contribution in [3.8, 4) is 11.8 Å². The minimum absolute atomic E-state index is 0.148. The molecule has 166 valence electrons. The summed E-state index contributed by atoms with van der Waals surface area (Å²) < 4.78 is 18.4. The van der Waals surface area contributed by atoms with Gasteiger partial charge in [0.15, 0.2) is 0 Å². The summed E-state index contributed by atoms with van der Waals surface area (Å²) in [4.78, 5) is 15.9. The van der Waals surface area contributed by atoms with Crippen LogP contribution in [0.25, 0.3) is 0 Å². The van der Waals surface area contributed by atoms with Gasteiger partial charge in [0.05, 0.1) is 31.6 Å². The Balaban J connectivity index is 1.53. The zero-order chi connectivity index (χ0) is 21.7. The molecule has 8 nitrogen and oxygen atoms in total. The normalized spacial score (nSPS) is 11.3. The van der Waals surface area contributed by atoms with Crippen molar-refractivity contribution in [1.29, 1.82) is 0 Å². The van der Waals surface area contributed by atoms with Crippen LogP contribution < -0.4 is 9.47 Å². The van der Waals surface area contributed by atoms with Crippen LogP contribution in [-0.2, 0) is 16.1 Å². The van der Waals surface area contributed by atoms with Crippen LogP contribution in [0.5, 0.6) is 11.8 Å². The SMILES string of the molecule is CCOC(=O)C(C)(C)CCCCOc1ccc(OCCCCCn2ccnc2)nn1. The van der Waals surface area contributed by atoms with E-state index in [0.29, 0.717) is 31.6 Å². The molecule has 0 aliphatic carbocycles. The lowest BCUT2D eigenvalue weighted by molar-refractivity contribution is -0.153. The topological polar surface area (TPSA) is 88.4 Å². The number of rotatable bonds is 15. The number of imidazole rings is 1. The number of ether oxygens (including phenoxy) is 3. The van der Waals surface area contributed by atoms with Gasteiger partial charge in [-0.1, -0.05) is 0 Å². The second kappa shape index (κ2) is 12.8. The number of carbonyl (C=O) groups is 1. The smallest absolute Gasteiger partial charge is 0.311 e. The lowest BCUT2D eigenvalue weighted by Crippen LogP contribution is -2.26. The number of unbranched alkanes of at least 4 members (excludes halogenated alkanes) is 3. The van der Waals surface area contributed by atoms with Crippen molar-refractivity contribution in [2.45, 2.75) is 65.8 Å². The molecule has 0 spiro atoms. The molecule has 0 amide bonds. The first-order chi connectivity index (χ1) is 14.5. The minimum Gasteiger partial charge on any atom is -0.477 e. The number of aromatic nitrogens is 4. The van der Waals surface area contributed by atoms with E-state index in [0.717, 1.165) is 45.1 Å². The number of esters is 1. The molecule has 2 rings (SSSR count). The summed E-state index contributed by atoms with van der Waals surface area (Å²) in [6.45, 7) is 8.19. The van der Waals surface area contributed by atoms with E-state index in [2.05, 4.69) is 19.7 Å². The first-order valence-corrected chi connectivity index (χ1v) is 10.7. The van der Waals surface area contributed by atoms with Crippen LogP contribution in [0.1, 0.15) is 59.3 Å². The maximum atomic E-state index is 11.9. The maximum Gasteiger partial charge on any atom is 0.311 e. The molecule has 0 radical (unpaired) electrons. The van der Waals surface area contributed by atoms with Gasteiger partial charge in [-0.25, -0.2) is 4.98 Å². The van der Waals surface area contributed by atoms with E-state index in [4.69, 9.17) is 14.2 Å². The molecular formula is C22H34N4O4. The van der Waals surface area contributed by atoms with E-state index < -0.39 is 5.41 Å². The van der Waals surface area contributed by atoms with E-state index in [1.165, 1.54) is 0 Å². The summed E-state index contributed by atoms with van der Waals surface area (Å²) >= 11 is 0. The van der Waals surface area contributed by atoms with Crippen molar-refractivity contribution in [2.75, 3.05) is 19.8 Å². The molecule has 0 saturated heterocycles. The van der Waals surface area contributed by atoms with Gasteiger partial charge in [0.2, 0.25) is 11.8 Å². The van der Waals surface area contributed by atoms with Crippen LogP contribution in [-0.4, -0.2) is 45.5 Å². The average molecular weight is 419 g/mol. The van der Waals surface area contributed by atoms with Crippen molar-refractivity contribution < 1.29 is 19.0 Å². The van der Waals surface area contributed by atoms with Gasteiger partial charge in [-0.3, -0.25) is 4.79 Å². The molecule has 0 bridgehead atoms. The summed E-state index contributed by atoms with van der Waals surface area (Å²) in [6.07, 6.45) is 11.2. The van der Waals surface area contributed by atoms with Crippen molar-refractivity contribution in [3.63, 3.8) is 0 Å². The van der Waals surface area contributed by atoms with Gasteiger partial charge in [-0.2, -0.15) is 0 Å². The molecule has 0 aliphatic heterocycles. The molecule has 0 aromatic carbocycles. The van der Waals surface area contributed by atoms with E-state index >= 15 is 0 Å². The Labute approximate surface area is 179 Å². The molecule has 0 saturated carbocycles. The molecule has 0 fully saturated rings. The zero-order valence-electron chi connectivity index (χ0n) is 18.4. The van der Waals surface area contributed by atoms with Gasteiger partial charge < -0.3 is 18.8 Å². The van der Waals surface area contributed by atoms with Crippen LogP contribution in [0.2, 0.25) is 0 Å². The van der Waals surface area contributed by atoms with Gasteiger partial charge in [0.1, 0.15) is 0 Å². The fraction of sp³-hybridized carbons (Fsp3) is 0.636. The van der Waals surface area contributed by atoms with Gasteiger partial charge in [0, 0.05) is 31.1 Å². The molecule has 0 N–H and O–H groups in total. The van der Waals surface area contributed by atoms with Gasteiger partial charge in [0.25, 0.3) is 0 Å². The Morgan fingerprint density at radius 3 is 2.23 bits per heavy atom. The lowest BCUT2D eigenvalue weighted by Gasteiger charge is -2.21. The first-order valence-electron chi connectivity index (χ1n) is 10.7. The molecule has 0 unspecified atom stereocenters. The monoisotopic (exact) mass is 418 g/mol. The number of nitrogens with zero attached hydrogens (tertiary/aromatic N) is 4. The molecule has 0 aliphatic rings. The zero-order valence-corrected chi connectivity index (χ0v) is 18.4. The average Bonchev–Trinajstić information content (AvgIpc) is 3.25. The van der Waals surface area contributed by atoms with Crippen LogP contribution >= 0.6 is 0 Å². The van der Waals surface area contributed by atoms with Gasteiger partial charge in [-0.15, -0.1) is 10.2 Å². The second-order valence-corrected chi connectivity index (χ2v) is 7.83. The molecule has 8 heteroatoms. The Hall–Kier alpha value is -2.64. The minimum atomic E-state index is -0.464. The highest BCUT2D eigenvalue weighted by molar-refractivity contribution is 5.75. The summed E-state index contributed by atoms with van der Waals surface area (Å²) in [7, 11) is 0. The predicted octanol–water partition coefficient (Wildman–Crippen LogP) is 4.06. The van der Waals surface area contributed by atoms with E-state index in [9.17, 15) is 4.79 Å². The van der Waals surface area contributed by atoms with Crippen molar-refractivity contribution in [3.05, 3.63) is 30.9 Å². The second-order valence-electron chi connectivity index (χ2n) is 7.83. The number of hydrogen-bond acceptors (Lipinski definition) is 7. The number of aryl methyl sites for hydroxylation is 1. The molecule has 2 aromatic rings. The highest BCUT2D eigenvalue weighted by Gasteiger charge is 2.28. The largest absolute Gasteiger partial charge is 0.477 e. The molecule has 2 heterocycles. The predicted molar refractivity (Wildman–Crippen MR) is 113 cm³/mol. The quantitative estimate of drug-likeness (QED) is 0.318. The Kier molecular flexibility index (Phi) is 10.1. The van der Waals surface area contributed by atoms with Gasteiger partial charge >= 0.3 is 5.97 Å². The highest BCUT2D eigenvalue weighted by Crippen LogP contribution is 2.25. The van der Waals surface area contributed by atoms with Crippen LogP contribution in [0.15, 0.2) is 30.9 Å². The summed E-state index contributed by atoms with van der Waals surface area (Å²) in [6, 6.07) is 3.54. The highest BCUT2D eigenvalue weighted by atomic mass is 16.5. The lowest BCUT2D eigenvalue weighted by atomic mass is 9.87. The van der Waals surface area contributed by atoms with Crippen LogP contribution in [0.4, 0.5) is 0 Å². The van der Waals surface area contributed by atoms with Crippen LogP contribution in [0.3, 0.4) is 0 Å². The number of hydrogen-bond donors (Lipinski definition) is 0. The third-order valence-electron chi connectivity index (χ3n) is 4.76. The summed E-state index contributed by atoms with van der Waals surface area (Å²) in [5, 5.41) is 8.09. The van der Waals surface area contributed by atoms with E-state index in [1.54, 1.807) is 18.3 Å². The summed E-state index contributed by atoms with van der Waals surface area (Å²) in [5.41, 5.74) is -0.464. The van der Waals surface area contributed by atoms with Crippen molar-refractivity contribution in [1.82, 2.24) is 19.7 Å². The first kappa shape index (κ1) is 23.6. The Morgan fingerprint density at radius 1 is 1.00 bits per heavy atom. The van der Waals surface area contributed by atoms with Crippen molar-refractivity contribution >= 4 is 5.97 Å². The fourth-order valence-electron chi connectivity index (χ4n) is 2.90. The molecular weight excluding hydrogens is 384 g/mol. The molecule has 30 heavy (non-hydrogen) atoms. The molecule has 2 aromatic heterocycles. The van der Waals surface area contributed by atoms with Gasteiger partial charge in [-0.05, 0) is 59.3 Å². The number of carbonyl (C=O) groups excluding carboxylic acids is 1. The fourth-order valence-corrected chi connectivity index (χ4v) is 2.90. The molecule has 0 atom stereocenters. The van der Waals surface area contributed by atoms with Crippen LogP contribution in [0, 0.1) is 5.41 Å². The van der Waals surface area contributed by atoms with Crippen molar-refractivity contribution in [2.24, 2.45) is 5.41 Å². The third-order valence-corrected chi connectivity index (χ3v) is 4.76. The summed E-state index contributed by atoms with van der Waals surface area (Å²) in [5.74, 6) is 0.839.